The van der Waals surface area contributed by atoms with E-state index in [1.165, 1.54) is 0 Å². The standard InChI is InChI=1S/C7H7N.C2H4.ClH/c1-2-7-5-3-4-6-8-7;1-2;/h2-6H,1H2;1-2H2;1H. The summed E-state index contributed by atoms with van der Waals surface area (Å²) in [7, 11) is 0. The molecule has 0 unspecified atom stereocenters. The summed E-state index contributed by atoms with van der Waals surface area (Å²) in [6, 6.07) is 5.73. The zero-order chi connectivity index (χ0) is 7.82. The molecule has 0 saturated carbocycles. The van der Waals surface area contributed by atoms with E-state index in [0.717, 1.165) is 5.69 Å². The normalized spacial score (nSPS) is 6.55. The number of halogens is 1. The highest BCUT2D eigenvalue weighted by Gasteiger charge is 1.77. The van der Waals surface area contributed by atoms with Crippen LogP contribution in [0.1, 0.15) is 5.69 Å². The fourth-order valence-electron chi connectivity index (χ4n) is 0.497. The highest BCUT2D eigenvalue weighted by molar-refractivity contribution is 5.85. The van der Waals surface area contributed by atoms with Gasteiger partial charge in [0, 0.05) is 6.20 Å². The van der Waals surface area contributed by atoms with Gasteiger partial charge in [-0.2, -0.15) is 0 Å². The Balaban J connectivity index is 0. The molecule has 0 aromatic carbocycles. The minimum Gasteiger partial charge on any atom is -0.257 e. The first-order valence-electron chi connectivity index (χ1n) is 2.97. The Morgan fingerprint density at radius 3 is 2.18 bits per heavy atom. The van der Waals surface area contributed by atoms with Crippen LogP contribution in [0.3, 0.4) is 0 Å². The van der Waals surface area contributed by atoms with Crippen LogP contribution in [-0.2, 0) is 0 Å². The van der Waals surface area contributed by atoms with Crippen molar-refractivity contribution < 1.29 is 0 Å². The van der Waals surface area contributed by atoms with Crippen molar-refractivity contribution in [3.63, 3.8) is 0 Å². The molecule has 0 aliphatic rings. The van der Waals surface area contributed by atoms with Crippen LogP contribution < -0.4 is 0 Å². The van der Waals surface area contributed by atoms with Gasteiger partial charge in [0.25, 0.3) is 0 Å². The smallest absolute Gasteiger partial charge is 0.0623 e. The van der Waals surface area contributed by atoms with Crippen LogP contribution in [0.4, 0.5) is 0 Å². The Kier molecular flexibility index (Phi) is 10.2. The van der Waals surface area contributed by atoms with Gasteiger partial charge < -0.3 is 0 Å². The first-order chi connectivity index (χ1) is 4.93. The van der Waals surface area contributed by atoms with Crippen LogP contribution in [0.15, 0.2) is 44.1 Å². The van der Waals surface area contributed by atoms with Gasteiger partial charge in [0.1, 0.15) is 0 Å². The van der Waals surface area contributed by atoms with Crippen molar-refractivity contribution in [2.24, 2.45) is 0 Å². The fraction of sp³-hybridized carbons (Fsp3) is 0. The maximum absolute atomic E-state index is 3.98. The molecule has 1 heterocycles. The van der Waals surface area contributed by atoms with E-state index in [9.17, 15) is 0 Å². The van der Waals surface area contributed by atoms with E-state index in [-0.39, 0.29) is 12.4 Å². The highest BCUT2D eigenvalue weighted by atomic mass is 35.5. The van der Waals surface area contributed by atoms with Crippen molar-refractivity contribution in [2.75, 3.05) is 0 Å². The van der Waals surface area contributed by atoms with E-state index in [2.05, 4.69) is 24.7 Å². The number of rotatable bonds is 1. The van der Waals surface area contributed by atoms with Crippen LogP contribution in [0.5, 0.6) is 0 Å². The third-order valence-corrected chi connectivity index (χ3v) is 0.897. The minimum absolute atomic E-state index is 0. The molecule has 0 saturated heterocycles. The Morgan fingerprint density at radius 2 is 1.91 bits per heavy atom. The molecule has 11 heavy (non-hydrogen) atoms. The molecule has 0 spiro atoms. The fourth-order valence-corrected chi connectivity index (χ4v) is 0.497. The molecule has 0 amide bonds. The molecule has 0 N–H and O–H groups in total. The number of pyridine rings is 1. The van der Waals surface area contributed by atoms with E-state index in [4.69, 9.17) is 0 Å². The molecule has 0 atom stereocenters. The van der Waals surface area contributed by atoms with Crippen molar-refractivity contribution in [1.29, 1.82) is 0 Å². The molecule has 2 heteroatoms. The lowest BCUT2D eigenvalue weighted by Crippen LogP contribution is -1.73. The molecule has 0 bridgehead atoms. The molecule has 1 aromatic heterocycles. The molecule has 1 aromatic rings. The molecule has 0 aliphatic heterocycles. The van der Waals surface area contributed by atoms with Gasteiger partial charge in [-0.3, -0.25) is 4.98 Å². The summed E-state index contributed by atoms with van der Waals surface area (Å²) < 4.78 is 0. The first kappa shape index (κ1) is 12.6. The van der Waals surface area contributed by atoms with E-state index < -0.39 is 0 Å². The average molecular weight is 170 g/mol. The maximum atomic E-state index is 3.98. The van der Waals surface area contributed by atoms with Crippen LogP contribution >= 0.6 is 12.4 Å². The lowest BCUT2D eigenvalue weighted by atomic mass is 10.4. The Hall–Kier alpha value is -1.08. The largest absolute Gasteiger partial charge is 0.257 e. The van der Waals surface area contributed by atoms with Crippen molar-refractivity contribution in [1.82, 2.24) is 4.98 Å². The lowest BCUT2D eigenvalue weighted by Gasteiger charge is -1.84. The summed E-state index contributed by atoms with van der Waals surface area (Å²) in [6.45, 7) is 9.57. The maximum Gasteiger partial charge on any atom is 0.0623 e. The molecule has 0 fully saturated rings. The van der Waals surface area contributed by atoms with Gasteiger partial charge in [-0.15, -0.1) is 25.6 Å². The number of nitrogens with zero attached hydrogens (tertiary/aromatic N) is 1. The van der Waals surface area contributed by atoms with Crippen molar-refractivity contribution >= 4 is 18.5 Å². The average Bonchev–Trinajstić information content (AvgIpc) is 2.10. The zero-order valence-corrected chi connectivity index (χ0v) is 7.18. The molecule has 1 rings (SSSR count). The van der Waals surface area contributed by atoms with E-state index in [1.807, 2.05) is 18.2 Å². The minimum atomic E-state index is 0. The summed E-state index contributed by atoms with van der Waals surface area (Å²) in [4.78, 5) is 3.98. The Morgan fingerprint density at radius 1 is 1.27 bits per heavy atom. The molecular weight excluding hydrogens is 158 g/mol. The van der Waals surface area contributed by atoms with E-state index in [0.29, 0.717) is 0 Å². The van der Waals surface area contributed by atoms with Gasteiger partial charge >= 0.3 is 0 Å². The lowest BCUT2D eigenvalue weighted by molar-refractivity contribution is 1.30. The van der Waals surface area contributed by atoms with E-state index in [1.54, 1.807) is 12.3 Å². The van der Waals surface area contributed by atoms with Crippen LogP contribution in [0.25, 0.3) is 6.08 Å². The summed E-state index contributed by atoms with van der Waals surface area (Å²) in [5.41, 5.74) is 0.924. The van der Waals surface area contributed by atoms with Crippen molar-refractivity contribution in [3.05, 3.63) is 49.8 Å². The molecule has 0 radical (unpaired) electrons. The number of aromatic nitrogens is 1. The van der Waals surface area contributed by atoms with Gasteiger partial charge in [0.2, 0.25) is 0 Å². The Bertz CT molecular complexity index is 184. The van der Waals surface area contributed by atoms with Gasteiger partial charge in [0.05, 0.1) is 5.69 Å². The number of hydrogen-bond acceptors (Lipinski definition) is 1. The summed E-state index contributed by atoms with van der Waals surface area (Å²) in [5, 5.41) is 0. The third kappa shape index (κ3) is 5.37. The van der Waals surface area contributed by atoms with E-state index >= 15 is 0 Å². The summed E-state index contributed by atoms with van der Waals surface area (Å²) in [6.07, 6.45) is 3.47. The zero-order valence-electron chi connectivity index (χ0n) is 6.36. The SMILES string of the molecule is C=C.C=Cc1ccccn1.Cl. The van der Waals surface area contributed by atoms with Crippen LogP contribution in [0, 0.1) is 0 Å². The topological polar surface area (TPSA) is 12.9 Å². The molecule has 60 valence electrons. The Labute approximate surface area is 73.9 Å². The number of hydrogen-bond donors (Lipinski definition) is 0. The van der Waals surface area contributed by atoms with Gasteiger partial charge in [-0.05, 0) is 18.2 Å². The summed E-state index contributed by atoms with van der Waals surface area (Å²) in [5.74, 6) is 0. The predicted molar refractivity (Wildman–Crippen MR) is 52.8 cm³/mol. The monoisotopic (exact) mass is 169 g/mol. The summed E-state index contributed by atoms with van der Waals surface area (Å²) >= 11 is 0. The van der Waals surface area contributed by atoms with Gasteiger partial charge in [-0.1, -0.05) is 12.6 Å². The van der Waals surface area contributed by atoms with Gasteiger partial charge in [-0.25, -0.2) is 0 Å². The quantitative estimate of drug-likeness (QED) is 0.589. The second-order valence-electron chi connectivity index (χ2n) is 1.46. The second-order valence-corrected chi connectivity index (χ2v) is 1.46. The second kappa shape index (κ2) is 8.92. The van der Waals surface area contributed by atoms with Crippen LogP contribution in [-0.4, -0.2) is 4.98 Å². The molecule has 1 nitrogen and oxygen atoms in total. The van der Waals surface area contributed by atoms with Crippen LogP contribution in [0.2, 0.25) is 0 Å². The predicted octanol–water partition coefficient (Wildman–Crippen LogP) is 2.95. The van der Waals surface area contributed by atoms with Crippen molar-refractivity contribution in [3.8, 4) is 0 Å². The van der Waals surface area contributed by atoms with Gasteiger partial charge in [0.15, 0.2) is 0 Å². The highest BCUT2D eigenvalue weighted by Crippen LogP contribution is 1.91. The third-order valence-electron chi connectivity index (χ3n) is 0.897. The van der Waals surface area contributed by atoms with Crippen molar-refractivity contribution in [2.45, 2.75) is 0 Å². The molecular formula is C9H12ClN. The first-order valence-corrected chi connectivity index (χ1v) is 2.97. The molecule has 0 aliphatic carbocycles.